The number of aryl methyl sites for hydroxylation is 1. The van der Waals surface area contributed by atoms with Crippen LogP contribution in [-0.4, -0.2) is 45.9 Å². The van der Waals surface area contributed by atoms with Crippen molar-refractivity contribution in [2.24, 2.45) is 13.0 Å². The lowest BCUT2D eigenvalue weighted by Crippen LogP contribution is -2.39. The maximum Gasteiger partial charge on any atom is 0.255 e. The van der Waals surface area contributed by atoms with Gasteiger partial charge in [0.25, 0.3) is 11.8 Å². The highest BCUT2D eigenvalue weighted by molar-refractivity contribution is 5.94. The summed E-state index contributed by atoms with van der Waals surface area (Å²) < 4.78 is 1.42. The number of rotatable bonds is 5. The highest BCUT2D eigenvalue weighted by Gasteiger charge is 2.27. The maximum absolute atomic E-state index is 12.9. The number of likely N-dealkylation sites (tertiary alicyclic amines) is 1. The zero-order valence-electron chi connectivity index (χ0n) is 16.6. The third-order valence-corrected chi connectivity index (χ3v) is 5.76. The summed E-state index contributed by atoms with van der Waals surface area (Å²) in [7, 11) is 1.64. The van der Waals surface area contributed by atoms with Crippen molar-refractivity contribution in [2.45, 2.75) is 31.6 Å². The Morgan fingerprint density at radius 3 is 2.62 bits per heavy atom. The predicted molar refractivity (Wildman–Crippen MR) is 109 cm³/mol. The molecular formula is C22H26N4O3. The summed E-state index contributed by atoms with van der Waals surface area (Å²) in [5.41, 5.74) is 1.86. The van der Waals surface area contributed by atoms with Crippen molar-refractivity contribution in [3.63, 3.8) is 0 Å². The first-order valence-electron chi connectivity index (χ1n) is 10.2. The van der Waals surface area contributed by atoms with Crippen molar-refractivity contribution in [3.8, 4) is 0 Å². The average Bonchev–Trinajstić information content (AvgIpc) is 3.58. The highest BCUT2D eigenvalue weighted by atomic mass is 16.2. The van der Waals surface area contributed by atoms with E-state index in [-0.39, 0.29) is 23.3 Å². The molecule has 3 heterocycles. The maximum atomic E-state index is 12.9. The van der Waals surface area contributed by atoms with Gasteiger partial charge >= 0.3 is 0 Å². The topological polar surface area (TPSA) is 84.3 Å². The summed E-state index contributed by atoms with van der Waals surface area (Å²) in [4.78, 5) is 42.9. The van der Waals surface area contributed by atoms with Gasteiger partial charge in [0, 0.05) is 56.8 Å². The van der Waals surface area contributed by atoms with Gasteiger partial charge in [-0.1, -0.05) is 0 Å². The largest absolute Gasteiger partial charge is 0.352 e. The lowest BCUT2D eigenvalue weighted by Gasteiger charge is -2.32. The molecule has 1 atom stereocenters. The smallest absolute Gasteiger partial charge is 0.255 e. The standard InChI is InChI=1S/C22H26N4O3/c1-25-13-18(7-9-20(25)27)22(29)26-10-2-3-17(14-26)19-8-6-16(12-23-19)21(28)24-11-15-4-5-15/h6-9,12-13,15,17H,2-5,10-11,14H2,1H3,(H,24,28). The summed E-state index contributed by atoms with van der Waals surface area (Å²) in [5, 5.41) is 2.95. The Bertz CT molecular complexity index is 963. The number of carbonyl (C=O) groups is 2. The van der Waals surface area contributed by atoms with Crippen molar-refractivity contribution in [1.82, 2.24) is 19.8 Å². The Morgan fingerprint density at radius 1 is 1.14 bits per heavy atom. The van der Waals surface area contributed by atoms with Gasteiger partial charge in [0.1, 0.15) is 0 Å². The second kappa shape index (κ2) is 8.19. The van der Waals surface area contributed by atoms with Gasteiger partial charge in [-0.3, -0.25) is 19.4 Å². The van der Waals surface area contributed by atoms with Crippen molar-refractivity contribution < 1.29 is 9.59 Å². The van der Waals surface area contributed by atoms with Crippen LogP contribution in [0.15, 0.2) is 41.5 Å². The van der Waals surface area contributed by atoms with E-state index in [4.69, 9.17) is 0 Å². The summed E-state index contributed by atoms with van der Waals surface area (Å²) in [5.74, 6) is 0.639. The number of piperidine rings is 1. The minimum Gasteiger partial charge on any atom is -0.352 e. The van der Waals surface area contributed by atoms with Gasteiger partial charge in [-0.25, -0.2) is 0 Å². The molecule has 1 saturated carbocycles. The predicted octanol–water partition coefficient (Wildman–Crippen LogP) is 1.94. The van der Waals surface area contributed by atoms with Crippen LogP contribution < -0.4 is 10.9 Å². The van der Waals surface area contributed by atoms with Crippen LogP contribution in [0.1, 0.15) is 58.0 Å². The van der Waals surface area contributed by atoms with Crippen LogP contribution in [0.5, 0.6) is 0 Å². The van der Waals surface area contributed by atoms with E-state index in [1.54, 1.807) is 25.5 Å². The number of pyridine rings is 2. The number of hydrogen-bond donors (Lipinski definition) is 1. The molecule has 2 aromatic rings. The fraction of sp³-hybridized carbons (Fsp3) is 0.455. The lowest BCUT2D eigenvalue weighted by molar-refractivity contribution is 0.0705. The van der Waals surface area contributed by atoms with Crippen molar-refractivity contribution in [3.05, 3.63) is 63.8 Å². The van der Waals surface area contributed by atoms with Crippen molar-refractivity contribution in [1.29, 1.82) is 0 Å². The molecule has 1 aliphatic heterocycles. The van der Waals surface area contributed by atoms with Gasteiger partial charge in [0.15, 0.2) is 0 Å². The number of nitrogens with zero attached hydrogens (tertiary/aromatic N) is 3. The van der Waals surface area contributed by atoms with Crippen molar-refractivity contribution >= 4 is 11.8 Å². The summed E-state index contributed by atoms with van der Waals surface area (Å²) in [6.07, 6.45) is 7.47. The highest BCUT2D eigenvalue weighted by Crippen LogP contribution is 2.28. The molecule has 7 nitrogen and oxygen atoms in total. The SMILES string of the molecule is Cn1cc(C(=O)N2CCCC(c3ccc(C(=O)NCC4CC4)cn3)C2)ccc1=O. The van der Waals surface area contributed by atoms with Crippen LogP contribution in [0.3, 0.4) is 0 Å². The Hall–Kier alpha value is -2.96. The van der Waals surface area contributed by atoms with Crippen molar-refractivity contribution in [2.75, 3.05) is 19.6 Å². The fourth-order valence-corrected chi connectivity index (χ4v) is 3.75. The van der Waals surface area contributed by atoms with E-state index < -0.39 is 0 Å². The van der Waals surface area contributed by atoms with Gasteiger partial charge < -0.3 is 14.8 Å². The molecule has 2 aliphatic rings. The Labute approximate surface area is 169 Å². The molecule has 0 bridgehead atoms. The molecule has 152 valence electrons. The molecule has 29 heavy (non-hydrogen) atoms. The quantitative estimate of drug-likeness (QED) is 0.840. The zero-order chi connectivity index (χ0) is 20.4. The van der Waals surface area contributed by atoms with E-state index in [0.717, 1.165) is 25.1 Å². The number of carbonyl (C=O) groups excluding carboxylic acids is 2. The molecule has 1 N–H and O–H groups in total. The lowest BCUT2D eigenvalue weighted by atomic mass is 9.93. The van der Waals surface area contributed by atoms with Crippen LogP contribution in [0, 0.1) is 5.92 Å². The first-order chi connectivity index (χ1) is 14.0. The Morgan fingerprint density at radius 2 is 1.93 bits per heavy atom. The number of amides is 2. The van der Waals surface area contributed by atoms with Crippen LogP contribution in [-0.2, 0) is 7.05 Å². The molecule has 1 unspecified atom stereocenters. The van der Waals surface area contributed by atoms with Gasteiger partial charge in [0.2, 0.25) is 5.56 Å². The summed E-state index contributed by atoms with van der Waals surface area (Å²) >= 11 is 0. The molecule has 0 radical (unpaired) electrons. The van der Waals surface area contributed by atoms with Gasteiger partial charge in [-0.05, 0) is 49.8 Å². The van der Waals surface area contributed by atoms with E-state index in [1.165, 1.54) is 23.5 Å². The van der Waals surface area contributed by atoms with Gasteiger partial charge in [-0.2, -0.15) is 0 Å². The first-order valence-corrected chi connectivity index (χ1v) is 10.2. The normalized spacial score (nSPS) is 19.1. The summed E-state index contributed by atoms with van der Waals surface area (Å²) in [6, 6.07) is 6.72. The van der Waals surface area contributed by atoms with Crippen LogP contribution in [0.25, 0.3) is 0 Å². The summed E-state index contributed by atoms with van der Waals surface area (Å²) in [6.45, 7) is 2.02. The molecule has 0 aromatic carbocycles. The Kier molecular flexibility index (Phi) is 5.47. The molecule has 1 aliphatic carbocycles. The van der Waals surface area contributed by atoms with E-state index in [1.807, 2.05) is 17.0 Å². The number of aromatic nitrogens is 2. The number of hydrogen-bond acceptors (Lipinski definition) is 4. The molecule has 1 saturated heterocycles. The third-order valence-electron chi connectivity index (χ3n) is 5.76. The average molecular weight is 394 g/mol. The van der Waals surface area contributed by atoms with Crippen LogP contribution >= 0.6 is 0 Å². The Balaban J connectivity index is 1.40. The minimum absolute atomic E-state index is 0.0682. The molecule has 0 spiro atoms. The monoisotopic (exact) mass is 394 g/mol. The van der Waals surface area contributed by atoms with Gasteiger partial charge in [-0.15, -0.1) is 0 Å². The molecular weight excluding hydrogens is 368 g/mol. The van der Waals surface area contributed by atoms with E-state index in [9.17, 15) is 14.4 Å². The third kappa shape index (κ3) is 4.55. The molecule has 7 heteroatoms. The molecule has 4 rings (SSSR count). The van der Waals surface area contributed by atoms with Gasteiger partial charge in [0.05, 0.1) is 11.1 Å². The number of nitrogens with one attached hydrogen (secondary N) is 1. The fourth-order valence-electron chi connectivity index (χ4n) is 3.75. The zero-order valence-corrected chi connectivity index (χ0v) is 16.6. The van der Waals surface area contributed by atoms with E-state index in [2.05, 4.69) is 10.3 Å². The van der Waals surface area contributed by atoms with Crippen LogP contribution in [0.2, 0.25) is 0 Å². The van der Waals surface area contributed by atoms with E-state index in [0.29, 0.717) is 30.1 Å². The molecule has 2 aromatic heterocycles. The second-order valence-corrected chi connectivity index (χ2v) is 8.08. The second-order valence-electron chi connectivity index (χ2n) is 8.08. The van der Waals surface area contributed by atoms with E-state index >= 15 is 0 Å². The van der Waals surface area contributed by atoms with Crippen LogP contribution in [0.4, 0.5) is 0 Å². The molecule has 2 amide bonds. The first kappa shape index (κ1) is 19.4. The molecule has 2 fully saturated rings. The minimum atomic E-state index is -0.136.